The fourth-order valence-corrected chi connectivity index (χ4v) is 3.25. The highest BCUT2D eigenvalue weighted by Gasteiger charge is 2.33. The number of halogens is 3. The molecule has 2 unspecified atom stereocenters. The fraction of sp³-hybridized carbons (Fsp3) is 0.600. The minimum absolute atomic E-state index is 0.0232. The summed E-state index contributed by atoms with van der Waals surface area (Å²) in [6.07, 6.45) is 0.982. The van der Waals surface area contributed by atoms with E-state index in [4.69, 9.17) is 4.74 Å². The number of hydrogen-bond donors (Lipinski definition) is 1. The van der Waals surface area contributed by atoms with Crippen LogP contribution in [0.25, 0.3) is 0 Å². The van der Waals surface area contributed by atoms with Crippen molar-refractivity contribution >= 4 is 0 Å². The predicted octanol–water partition coefficient (Wildman–Crippen LogP) is 3.76. The van der Waals surface area contributed by atoms with Crippen LogP contribution in [0, 0.1) is 0 Å². The molecule has 2 aliphatic rings. The van der Waals surface area contributed by atoms with Gasteiger partial charge in [0.05, 0.1) is 5.56 Å². The molecule has 2 nitrogen and oxygen atoms in total. The van der Waals surface area contributed by atoms with Crippen LogP contribution < -0.4 is 10.1 Å². The van der Waals surface area contributed by atoms with Crippen molar-refractivity contribution in [1.29, 1.82) is 0 Å². The van der Waals surface area contributed by atoms with Gasteiger partial charge in [0.2, 0.25) is 0 Å². The Morgan fingerprint density at radius 3 is 2.45 bits per heavy atom. The topological polar surface area (TPSA) is 21.3 Å². The Kier molecular flexibility index (Phi) is 3.63. The zero-order chi connectivity index (χ0) is 14.2. The summed E-state index contributed by atoms with van der Waals surface area (Å²) in [5.41, 5.74) is -0.649. The second-order valence-corrected chi connectivity index (χ2v) is 5.73. The lowest BCUT2D eigenvalue weighted by atomic mass is 9.85. The summed E-state index contributed by atoms with van der Waals surface area (Å²) in [6.45, 7) is 0. The predicted molar refractivity (Wildman–Crippen MR) is 69.7 cm³/mol. The Balaban J connectivity index is 1.68. The van der Waals surface area contributed by atoms with Crippen LogP contribution in [0.15, 0.2) is 24.3 Å². The van der Waals surface area contributed by atoms with Gasteiger partial charge in [-0.15, -0.1) is 0 Å². The van der Waals surface area contributed by atoms with Gasteiger partial charge in [-0.1, -0.05) is 12.5 Å². The quantitative estimate of drug-likeness (QED) is 0.893. The highest BCUT2D eigenvalue weighted by molar-refractivity contribution is 5.30. The molecule has 20 heavy (non-hydrogen) atoms. The molecule has 0 saturated carbocycles. The van der Waals surface area contributed by atoms with Gasteiger partial charge in [-0.3, -0.25) is 0 Å². The Morgan fingerprint density at radius 2 is 1.80 bits per heavy atom. The molecule has 5 heteroatoms. The van der Waals surface area contributed by atoms with E-state index in [9.17, 15) is 13.2 Å². The van der Waals surface area contributed by atoms with Crippen LogP contribution in [0.3, 0.4) is 0 Å². The molecule has 2 heterocycles. The third-order valence-electron chi connectivity index (χ3n) is 4.14. The van der Waals surface area contributed by atoms with Gasteiger partial charge in [0.25, 0.3) is 0 Å². The van der Waals surface area contributed by atoms with Crippen LogP contribution in [0.1, 0.15) is 37.7 Å². The smallest absolute Gasteiger partial charge is 0.416 e. The highest BCUT2D eigenvalue weighted by atomic mass is 19.4. The Bertz CT molecular complexity index is 462. The minimum atomic E-state index is -4.32. The van der Waals surface area contributed by atoms with Crippen molar-refractivity contribution in [2.75, 3.05) is 0 Å². The summed E-state index contributed by atoms with van der Waals surface area (Å²) in [6, 6.07) is 6.09. The summed E-state index contributed by atoms with van der Waals surface area (Å²) < 4.78 is 43.8. The first kappa shape index (κ1) is 13.7. The van der Waals surface area contributed by atoms with E-state index in [0.717, 1.165) is 37.8 Å². The largest absolute Gasteiger partial charge is 0.490 e. The molecule has 2 aliphatic heterocycles. The van der Waals surface area contributed by atoms with E-state index in [2.05, 4.69) is 5.32 Å². The third kappa shape index (κ3) is 3.08. The maximum atomic E-state index is 12.7. The zero-order valence-electron chi connectivity index (χ0n) is 11.1. The number of benzene rings is 1. The summed E-state index contributed by atoms with van der Waals surface area (Å²) in [5.74, 6) is 0.324. The molecule has 110 valence electrons. The molecule has 0 radical (unpaired) electrons. The average Bonchev–Trinajstić information content (AvgIpc) is 2.37. The van der Waals surface area contributed by atoms with Crippen molar-refractivity contribution in [3.05, 3.63) is 29.8 Å². The van der Waals surface area contributed by atoms with Gasteiger partial charge in [0.1, 0.15) is 11.9 Å². The van der Waals surface area contributed by atoms with Gasteiger partial charge in [-0.2, -0.15) is 13.2 Å². The molecule has 3 rings (SSSR count). The summed E-state index contributed by atoms with van der Waals surface area (Å²) >= 11 is 0. The lowest BCUT2D eigenvalue weighted by Crippen LogP contribution is -2.51. The molecule has 0 aliphatic carbocycles. The number of ether oxygens (including phenoxy) is 1. The Labute approximate surface area is 116 Å². The van der Waals surface area contributed by atoms with Gasteiger partial charge >= 0.3 is 6.18 Å². The molecule has 1 N–H and O–H groups in total. The van der Waals surface area contributed by atoms with E-state index in [1.807, 2.05) is 0 Å². The minimum Gasteiger partial charge on any atom is -0.490 e. The van der Waals surface area contributed by atoms with Crippen LogP contribution in [0.4, 0.5) is 13.2 Å². The molecule has 0 aromatic heterocycles. The van der Waals surface area contributed by atoms with Crippen LogP contribution in [-0.2, 0) is 6.18 Å². The lowest BCUT2D eigenvalue weighted by molar-refractivity contribution is -0.137. The average molecular weight is 285 g/mol. The monoisotopic (exact) mass is 285 g/mol. The molecule has 2 atom stereocenters. The van der Waals surface area contributed by atoms with Crippen LogP contribution >= 0.6 is 0 Å². The van der Waals surface area contributed by atoms with Crippen LogP contribution in [-0.4, -0.2) is 18.2 Å². The first-order valence-corrected chi connectivity index (χ1v) is 7.10. The SMILES string of the molecule is FC(F)(F)c1cccc(OC2CC3CCCC(C2)N3)c1. The lowest BCUT2D eigenvalue weighted by Gasteiger charge is -2.40. The first-order valence-electron chi connectivity index (χ1n) is 7.10. The molecule has 0 spiro atoms. The van der Waals surface area contributed by atoms with E-state index in [-0.39, 0.29) is 6.10 Å². The van der Waals surface area contributed by atoms with Gasteiger partial charge < -0.3 is 10.1 Å². The van der Waals surface area contributed by atoms with Crippen molar-refractivity contribution in [1.82, 2.24) is 5.32 Å². The molecule has 2 bridgehead atoms. The molecular weight excluding hydrogens is 267 g/mol. The maximum Gasteiger partial charge on any atom is 0.416 e. The molecule has 2 fully saturated rings. The van der Waals surface area contributed by atoms with Crippen molar-refractivity contribution < 1.29 is 17.9 Å². The summed E-state index contributed by atoms with van der Waals surface area (Å²) in [7, 11) is 0. The number of fused-ring (bicyclic) bond motifs is 2. The zero-order valence-corrected chi connectivity index (χ0v) is 11.1. The van der Waals surface area contributed by atoms with Crippen molar-refractivity contribution in [3.63, 3.8) is 0 Å². The molecule has 1 aromatic rings. The normalized spacial score (nSPS) is 30.1. The number of hydrogen-bond acceptors (Lipinski definition) is 2. The van der Waals surface area contributed by atoms with E-state index in [0.29, 0.717) is 17.8 Å². The number of nitrogens with one attached hydrogen (secondary N) is 1. The van der Waals surface area contributed by atoms with Crippen molar-refractivity contribution in [2.45, 2.75) is 56.5 Å². The van der Waals surface area contributed by atoms with E-state index >= 15 is 0 Å². The fourth-order valence-electron chi connectivity index (χ4n) is 3.25. The van der Waals surface area contributed by atoms with Crippen molar-refractivity contribution in [2.24, 2.45) is 0 Å². The Hall–Kier alpha value is -1.23. The van der Waals surface area contributed by atoms with Gasteiger partial charge in [0.15, 0.2) is 0 Å². The summed E-state index contributed by atoms with van der Waals surface area (Å²) in [5, 5.41) is 3.54. The van der Waals surface area contributed by atoms with Crippen molar-refractivity contribution in [3.8, 4) is 5.75 Å². The molecule has 1 aromatic carbocycles. The Morgan fingerprint density at radius 1 is 1.10 bits per heavy atom. The number of alkyl halides is 3. The van der Waals surface area contributed by atoms with Gasteiger partial charge in [0, 0.05) is 12.1 Å². The van der Waals surface area contributed by atoms with Gasteiger partial charge in [-0.25, -0.2) is 0 Å². The second kappa shape index (κ2) is 5.28. The third-order valence-corrected chi connectivity index (χ3v) is 4.14. The van der Waals surface area contributed by atoms with Gasteiger partial charge in [-0.05, 0) is 43.9 Å². The van der Waals surface area contributed by atoms with E-state index in [1.54, 1.807) is 6.07 Å². The number of piperidine rings is 2. The van der Waals surface area contributed by atoms with E-state index < -0.39 is 11.7 Å². The second-order valence-electron chi connectivity index (χ2n) is 5.73. The van der Waals surface area contributed by atoms with Crippen LogP contribution in [0.2, 0.25) is 0 Å². The standard InChI is InChI=1S/C15H18F3NO/c16-15(17,18)10-3-1-6-13(7-10)20-14-8-11-4-2-5-12(9-14)19-11/h1,3,6-7,11-12,14,19H,2,4-5,8-9H2. The first-order chi connectivity index (χ1) is 9.50. The number of rotatable bonds is 2. The summed E-state index contributed by atoms with van der Waals surface area (Å²) in [4.78, 5) is 0. The maximum absolute atomic E-state index is 12.7. The molecule has 0 amide bonds. The van der Waals surface area contributed by atoms with E-state index in [1.165, 1.54) is 12.5 Å². The highest BCUT2D eigenvalue weighted by Crippen LogP contribution is 2.33. The molecular formula is C15H18F3NO. The van der Waals surface area contributed by atoms with Crippen LogP contribution in [0.5, 0.6) is 5.75 Å². The molecule has 2 saturated heterocycles.